The van der Waals surface area contributed by atoms with Gasteiger partial charge in [0.1, 0.15) is 11.9 Å². The Labute approximate surface area is 189 Å². The van der Waals surface area contributed by atoms with Crippen LogP contribution < -0.4 is 10.1 Å². The summed E-state index contributed by atoms with van der Waals surface area (Å²) < 4.78 is 42.3. The van der Waals surface area contributed by atoms with Gasteiger partial charge in [-0.3, -0.25) is 4.99 Å². The highest BCUT2D eigenvalue weighted by Gasteiger charge is 2.32. The minimum Gasteiger partial charge on any atom is -0.434 e. The summed E-state index contributed by atoms with van der Waals surface area (Å²) >= 11 is 3.37. The highest BCUT2D eigenvalue weighted by Crippen LogP contribution is 2.25. The largest absolute Gasteiger partial charge is 0.434 e. The number of hydrogen-bond donors (Lipinski definition) is 1. The van der Waals surface area contributed by atoms with Crippen LogP contribution >= 0.6 is 39.9 Å². The topological polar surface area (TPSA) is 55.3 Å². The molecule has 2 saturated heterocycles. The van der Waals surface area contributed by atoms with E-state index in [2.05, 4.69) is 35.9 Å². The molecule has 2 fully saturated rings. The summed E-state index contributed by atoms with van der Waals surface area (Å²) in [6.07, 6.45) is 2.22. The Morgan fingerprint density at radius 2 is 2.14 bits per heavy atom. The zero-order chi connectivity index (χ0) is 19.2. The monoisotopic (exact) mass is 575 g/mol. The minimum absolute atomic E-state index is 0. The number of aliphatic imine (C=N–C) groups is 1. The third-order valence-electron chi connectivity index (χ3n) is 4.66. The van der Waals surface area contributed by atoms with E-state index in [0.717, 1.165) is 23.9 Å². The summed E-state index contributed by atoms with van der Waals surface area (Å²) in [7, 11) is 1.70. The number of hydrogen-bond acceptors (Lipinski definition) is 4. The Kier molecular flexibility index (Phi) is 9.64. The molecule has 2 aliphatic rings. The SMILES string of the molecule is CN=C(NCc1cc(Br)ccc1OC(F)F)N1CCOC(C2CCCO2)C1.I. The van der Waals surface area contributed by atoms with Gasteiger partial charge in [-0.05, 0) is 31.0 Å². The summed E-state index contributed by atoms with van der Waals surface area (Å²) in [6, 6.07) is 4.95. The van der Waals surface area contributed by atoms with Crippen molar-refractivity contribution in [1.82, 2.24) is 10.2 Å². The number of halogens is 4. The van der Waals surface area contributed by atoms with Crippen molar-refractivity contribution < 1.29 is 23.0 Å². The Balaban J connectivity index is 0.00000280. The second kappa shape index (κ2) is 11.5. The van der Waals surface area contributed by atoms with Crippen LogP contribution in [-0.4, -0.2) is 63.0 Å². The molecule has 158 valence electrons. The number of guanidine groups is 1. The third kappa shape index (κ3) is 6.39. The molecule has 0 radical (unpaired) electrons. The van der Waals surface area contributed by atoms with Crippen LogP contribution in [0.4, 0.5) is 8.78 Å². The van der Waals surface area contributed by atoms with E-state index in [1.807, 2.05) is 0 Å². The van der Waals surface area contributed by atoms with E-state index in [9.17, 15) is 8.78 Å². The van der Waals surface area contributed by atoms with E-state index >= 15 is 0 Å². The molecular formula is C18H25BrF2IN3O3. The predicted octanol–water partition coefficient (Wildman–Crippen LogP) is 3.62. The molecule has 2 atom stereocenters. The minimum atomic E-state index is -2.87. The molecule has 0 aliphatic carbocycles. The molecule has 0 aromatic heterocycles. The molecule has 0 bridgehead atoms. The molecule has 1 aromatic rings. The van der Waals surface area contributed by atoms with Crippen molar-refractivity contribution in [3.63, 3.8) is 0 Å². The third-order valence-corrected chi connectivity index (χ3v) is 5.15. The molecule has 0 saturated carbocycles. The lowest BCUT2D eigenvalue weighted by molar-refractivity contribution is -0.0817. The first-order valence-electron chi connectivity index (χ1n) is 8.99. The second-order valence-electron chi connectivity index (χ2n) is 6.44. The maximum Gasteiger partial charge on any atom is 0.387 e. The Bertz CT molecular complexity index is 663. The highest BCUT2D eigenvalue weighted by atomic mass is 127. The summed E-state index contributed by atoms with van der Waals surface area (Å²) in [5.41, 5.74) is 0.620. The standard InChI is InChI=1S/C18H24BrF2N3O3.HI/c1-22-18(24-6-8-26-16(11-24)15-3-2-7-25-15)23-10-12-9-13(19)4-5-14(12)27-17(20)21;/h4-5,9,15-17H,2-3,6-8,10-11H2,1H3,(H,22,23);1H. The number of nitrogens with one attached hydrogen (secondary N) is 1. The molecular weight excluding hydrogens is 551 g/mol. The number of rotatable bonds is 5. The summed E-state index contributed by atoms with van der Waals surface area (Å²) in [6.45, 7) is 0.228. The highest BCUT2D eigenvalue weighted by molar-refractivity contribution is 14.0. The van der Waals surface area contributed by atoms with Gasteiger partial charge < -0.3 is 24.4 Å². The molecule has 1 N–H and O–H groups in total. The number of ether oxygens (including phenoxy) is 3. The van der Waals surface area contributed by atoms with Gasteiger partial charge >= 0.3 is 6.61 Å². The van der Waals surface area contributed by atoms with Crippen LogP contribution in [0.1, 0.15) is 18.4 Å². The van der Waals surface area contributed by atoms with Crippen LogP contribution in [0.25, 0.3) is 0 Å². The van der Waals surface area contributed by atoms with Gasteiger partial charge in [0, 0.05) is 43.3 Å². The fourth-order valence-corrected chi connectivity index (χ4v) is 3.80. The lowest BCUT2D eigenvalue weighted by Crippen LogP contribution is -2.53. The Morgan fingerprint density at radius 3 is 2.82 bits per heavy atom. The number of morpholine rings is 1. The van der Waals surface area contributed by atoms with E-state index in [-0.39, 0.29) is 41.9 Å². The second-order valence-corrected chi connectivity index (χ2v) is 7.35. The average Bonchev–Trinajstić information content (AvgIpc) is 3.19. The number of benzene rings is 1. The average molecular weight is 576 g/mol. The van der Waals surface area contributed by atoms with Crippen LogP contribution in [0.5, 0.6) is 5.75 Å². The van der Waals surface area contributed by atoms with E-state index in [4.69, 9.17) is 9.47 Å². The van der Waals surface area contributed by atoms with Crippen molar-refractivity contribution in [1.29, 1.82) is 0 Å². The molecule has 6 nitrogen and oxygen atoms in total. The molecule has 2 heterocycles. The van der Waals surface area contributed by atoms with Gasteiger partial charge in [0.2, 0.25) is 0 Å². The van der Waals surface area contributed by atoms with Gasteiger partial charge in [0.25, 0.3) is 0 Å². The van der Waals surface area contributed by atoms with E-state index in [1.165, 1.54) is 6.07 Å². The van der Waals surface area contributed by atoms with Crippen molar-refractivity contribution in [2.75, 3.05) is 33.4 Å². The maximum absolute atomic E-state index is 12.6. The fraction of sp³-hybridized carbons (Fsp3) is 0.611. The summed E-state index contributed by atoms with van der Waals surface area (Å²) in [4.78, 5) is 6.45. The van der Waals surface area contributed by atoms with Crippen LogP contribution in [0.3, 0.4) is 0 Å². The maximum atomic E-state index is 12.6. The Hall–Kier alpha value is -0.720. The van der Waals surface area contributed by atoms with Crippen molar-refractivity contribution in [3.8, 4) is 5.75 Å². The lowest BCUT2D eigenvalue weighted by atomic mass is 10.1. The molecule has 1 aromatic carbocycles. The normalized spacial score (nSPS) is 22.9. The van der Waals surface area contributed by atoms with Gasteiger partial charge in [-0.15, -0.1) is 24.0 Å². The number of nitrogens with zero attached hydrogens (tertiary/aromatic N) is 2. The molecule has 10 heteroatoms. The zero-order valence-corrected chi connectivity index (χ0v) is 19.5. The molecule has 28 heavy (non-hydrogen) atoms. The van der Waals surface area contributed by atoms with Crippen LogP contribution in [0.15, 0.2) is 27.7 Å². The van der Waals surface area contributed by atoms with E-state index in [1.54, 1.807) is 19.2 Å². The van der Waals surface area contributed by atoms with Crippen LogP contribution in [0, 0.1) is 0 Å². The predicted molar refractivity (Wildman–Crippen MR) is 117 cm³/mol. The molecule has 2 aliphatic heterocycles. The molecule has 0 spiro atoms. The summed E-state index contributed by atoms with van der Waals surface area (Å²) in [5, 5.41) is 3.24. The first kappa shape index (κ1) is 23.6. The van der Waals surface area contributed by atoms with E-state index < -0.39 is 6.61 Å². The first-order valence-corrected chi connectivity index (χ1v) is 9.78. The van der Waals surface area contributed by atoms with Crippen molar-refractivity contribution in [2.24, 2.45) is 4.99 Å². The molecule has 2 unspecified atom stereocenters. The van der Waals surface area contributed by atoms with Gasteiger partial charge in [0.05, 0.1) is 12.7 Å². The van der Waals surface area contributed by atoms with Gasteiger partial charge in [0.15, 0.2) is 5.96 Å². The molecule has 3 rings (SSSR count). The Morgan fingerprint density at radius 1 is 1.36 bits per heavy atom. The van der Waals surface area contributed by atoms with Gasteiger partial charge in [-0.25, -0.2) is 0 Å². The first-order chi connectivity index (χ1) is 13.1. The van der Waals surface area contributed by atoms with Crippen LogP contribution in [0.2, 0.25) is 0 Å². The van der Waals surface area contributed by atoms with Crippen molar-refractivity contribution >= 4 is 45.9 Å². The number of alkyl halides is 2. The van der Waals surface area contributed by atoms with Crippen molar-refractivity contribution in [3.05, 3.63) is 28.2 Å². The summed E-state index contributed by atoms with van der Waals surface area (Å²) in [5.74, 6) is 0.847. The smallest absolute Gasteiger partial charge is 0.387 e. The molecule has 0 amide bonds. The van der Waals surface area contributed by atoms with Gasteiger partial charge in [-0.1, -0.05) is 15.9 Å². The fourth-order valence-electron chi connectivity index (χ4n) is 3.39. The van der Waals surface area contributed by atoms with E-state index in [0.29, 0.717) is 37.8 Å². The van der Waals surface area contributed by atoms with Crippen molar-refractivity contribution in [2.45, 2.75) is 38.2 Å². The quantitative estimate of drug-likeness (QED) is 0.330. The van der Waals surface area contributed by atoms with Crippen LogP contribution in [-0.2, 0) is 16.0 Å². The van der Waals surface area contributed by atoms with Gasteiger partial charge in [-0.2, -0.15) is 8.78 Å². The zero-order valence-electron chi connectivity index (χ0n) is 15.6. The lowest BCUT2D eigenvalue weighted by Gasteiger charge is -2.37.